The van der Waals surface area contributed by atoms with E-state index in [1.807, 2.05) is 19.2 Å². The van der Waals surface area contributed by atoms with Crippen LogP contribution < -0.4 is 11.1 Å². The van der Waals surface area contributed by atoms with Gasteiger partial charge < -0.3 is 5.73 Å². The number of nitrogen functional groups attached to an aromatic ring is 1. The lowest BCUT2D eigenvalue weighted by atomic mass is 9.92. The fourth-order valence-corrected chi connectivity index (χ4v) is 2.57. The van der Waals surface area contributed by atoms with Gasteiger partial charge in [-0.05, 0) is 18.6 Å². The Morgan fingerprint density at radius 1 is 1.42 bits per heavy atom. The molecule has 0 aliphatic carbocycles. The first kappa shape index (κ1) is 11.7. The summed E-state index contributed by atoms with van der Waals surface area (Å²) in [5.74, 6) is -0.930. The normalized spacial score (nSPS) is 19.7. The predicted molar refractivity (Wildman–Crippen MR) is 70.3 cm³/mol. The number of aryl methyl sites for hydroxylation is 1. The number of nitrogens with one attached hydrogen (secondary N) is 1. The van der Waals surface area contributed by atoms with Crippen LogP contribution in [0.2, 0.25) is 0 Å². The molecular formula is C13H14N4O2. The number of aromatic nitrogens is 2. The van der Waals surface area contributed by atoms with Gasteiger partial charge in [-0.15, -0.1) is 0 Å². The summed E-state index contributed by atoms with van der Waals surface area (Å²) < 4.78 is 1.71. The number of hydrogen-bond donors (Lipinski definition) is 2. The first-order valence-electron chi connectivity index (χ1n) is 6.12. The number of hydrogen-bond acceptors (Lipinski definition) is 4. The number of amides is 2. The third kappa shape index (κ3) is 1.76. The number of nitrogens with two attached hydrogens (primary N) is 1. The monoisotopic (exact) mass is 258 g/mol. The Labute approximate surface area is 109 Å². The van der Waals surface area contributed by atoms with E-state index in [1.54, 1.807) is 10.7 Å². The van der Waals surface area contributed by atoms with Crippen LogP contribution in [0.1, 0.15) is 24.5 Å². The molecule has 6 nitrogen and oxygen atoms in total. The van der Waals surface area contributed by atoms with Gasteiger partial charge in [-0.3, -0.25) is 19.6 Å². The van der Waals surface area contributed by atoms with Gasteiger partial charge in [-0.2, -0.15) is 5.10 Å². The number of fused-ring (bicyclic) bond motifs is 1. The van der Waals surface area contributed by atoms with Crippen molar-refractivity contribution in [1.29, 1.82) is 0 Å². The standard InChI is InChI=1S/C13H14N4O2/c1-17-9-4-2-3-8(14)11(9)12(16-17)7-5-6-10(18)15-13(7)19/h2-4,7H,5-6,14H2,1H3,(H,15,18,19). The summed E-state index contributed by atoms with van der Waals surface area (Å²) in [6.45, 7) is 0. The third-order valence-electron chi connectivity index (χ3n) is 3.51. The Morgan fingerprint density at radius 3 is 2.95 bits per heavy atom. The lowest BCUT2D eigenvalue weighted by Gasteiger charge is -2.19. The van der Waals surface area contributed by atoms with E-state index in [1.165, 1.54) is 0 Å². The highest BCUT2D eigenvalue weighted by atomic mass is 16.2. The predicted octanol–water partition coefficient (Wildman–Crippen LogP) is 0.676. The minimum Gasteiger partial charge on any atom is -0.398 e. The van der Waals surface area contributed by atoms with E-state index in [9.17, 15) is 9.59 Å². The molecule has 0 saturated carbocycles. The summed E-state index contributed by atoms with van der Waals surface area (Å²) in [6.07, 6.45) is 0.812. The Balaban J connectivity index is 2.15. The van der Waals surface area contributed by atoms with E-state index in [0.717, 1.165) is 10.9 Å². The number of piperidine rings is 1. The highest BCUT2D eigenvalue weighted by Gasteiger charge is 2.32. The number of benzene rings is 1. The summed E-state index contributed by atoms with van der Waals surface area (Å²) in [5, 5.41) is 7.57. The summed E-state index contributed by atoms with van der Waals surface area (Å²) in [6, 6.07) is 5.56. The molecule has 1 aromatic heterocycles. The number of carbonyl (C=O) groups is 2. The molecule has 1 aliphatic heterocycles. The molecular weight excluding hydrogens is 244 g/mol. The van der Waals surface area contributed by atoms with Gasteiger partial charge in [0.05, 0.1) is 17.1 Å². The zero-order valence-electron chi connectivity index (χ0n) is 10.5. The van der Waals surface area contributed by atoms with Crippen LogP contribution in [-0.2, 0) is 16.6 Å². The van der Waals surface area contributed by atoms with Gasteiger partial charge in [0.15, 0.2) is 0 Å². The van der Waals surface area contributed by atoms with Crippen LogP contribution in [-0.4, -0.2) is 21.6 Å². The quantitative estimate of drug-likeness (QED) is 0.581. The molecule has 1 unspecified atom stereocenters. The maximum Gasteiger partial charge on any atom is 0.235 e. The van der Waals surface area contributed by atoms with Gasteiger partial charge in [0, 0.05) is 24.5 Å². The molecule has 2 aromatic rings. The van der Waals surface area contributed by atoms with Crippen molar-refractivity contribution in [2.45, 2.75) is 18.8 Å². The topological polar surface area (TPSA) is 90.0 Å². The third-order valence-corrected chi connectivity index (χ3v) is 3.51. The molecule has 1 fully saturated rings. The fraction of sp³-hybridized carbons (Fsp3) is 0.308. The Hall–Kier alpha value is -2.37. The van der Waals surface area contributed by atoms with E-state index in [4.69, 9.17) is 5.73 Å². The van der Waals surface area contributed by atoms with Gasteiger partial charge in [-0.1, -0.05) is 6.07 Å². The van der Waals surface area contributed by atoms with E-state index < -0.39 is 5.92 Å². The second-order valence-electron chi connectivity index (χ2n) is 4.75. The van der Waals surface area contributed by atoms with Gasteiger partial charge in [0.1, 0.15) is 0 Å². The van der Waals surface area contributed by atoms with Crippen molar-refractivity contribution in [2.75, 3.05) is 5.73 Å². The molecule has 1 saturated heterocycles. The molecule has 6 heteroatoms. The number of imide groups is 1. The van der Waals surface area contributed by atoms with Crippen molar-refractivity contribution in [3.63, 3.8) is 0 Å². The molecule has 19 heavy (non-hydrogen) atoms. The summed E-state index contributed by atoms with van der Waals surface area (Å²) in [7, 11) is 1.82. The van der Waals surface area contributed by atoms with Crippen molar-refractivity contribution in [1.82, 2.24) is 15.1 Å². The minimum absolute atomic E-state index is 0.227. The molecule has 0 spiro atoms. The van der Waals surface area contributed by atoms with Gasteiger partial charge in [0.25, 0.3) is 0 Å². The zero-order valence-corrected chi connectivity index (χ0v) is 10.5. The van der Waals surface area contributed by atoms with Crippen LogP contribution in [0.25, 0.3) is 10.9 Å². The van der Waals surface area contributed by atoms with Crippen LogP contribution in [0.3, 0.4) is 0 Å². The van der Waals surface area contributed by atoms with Crippen LogP contribution >= 0.6 is 0 Å². The first-order chi connectivity index (χ1) is 9.08. The minimum atomic E-state index is -0.411. The first-order valence-corrected chi connectivity index (χ1v) is 6.12. The van der Waals surface area contributed by atoms with Crippen molar-refractivity contribution in [3.05, 3.63) is 23.9 Å². The maximum atomic E-state index is 11.9. The largest absolute Gasteiger partial charge is 0.398 e. The van der Waals surface area contributed by atoms with Crippen molar-refractivity contribution >= 4 is 28.4 Å². The number of rotatable bonds is 1. The smallest absolute Gasteiger partial charge is 0.235 e. The molecule has 98 valence electrons. The van der Waals surface area contributed by atoms with Crippen molar-refractivity contribution in [2.24, 2.45) is 7.05 Å². The molecule has 3 rings (SSSR count). The Morgan fingerprint density at radius 2 is 2.21 bits per heavy atom. The molecule has 0 radical (unpaired) electrons. The highest BCUT2D eigenvalue weighted by molar-refractivity contribution is 6.04. The second-order valence-corrected chi connectivity index (χ2v) is 4.75. The van der Waals surface area contributed by atoms with Crippen LogP contribution in [0.4, 0.5) is 5.69 Å². The molecule has 1 aromatic carbocycles. The van der Waals surface area contributed by atoms with E-state index in [0.29, 0.717) is 24.2 Å². The lowest BCUT2D eigenvalue weighted by molar-refractivity contribution is -0.134. The van der Waals surface area contributed by atoms with Gasteiger partial charge >= 0.3 is 0 Å². The van der Waals surface area contributed by atoms with Crippen LogP contribution in [0, 0.1) is 0 Å². The number of nitrogens with zero attached hydrogens (tertiary/aromatic N) is 2. The zero-order chi connectivity index (χ0) is 13.6. The second kappa shape index (κ2) is 4.08. The van der Waals surface area contributed by atoms with Gasteiger partial charge in [-0.25, -0.2) is 0 Å². The summed E-state index contributed by atoms with van der Waals surface area (Å²) in [4.78, 5) is 23.2. The van der Waals surface area contributed by atoms with Crippen molar-refractivity contribution in [3.8, 4) is 0 Å². The fourth-order valence-electron chi connectivity index (χ4n) is 2.57. The molecule has 2 heterocycles. The van der Waals surface area contributed by atoms with E-state index in [2.05, 4.69) is 10.4 Å². The highest BCUT2D eigenvalue weighted by Crippen LogP contribution is 2.33. The molecule has 2 amide bonds. The SMILES string of the molecule is Cn1nc(C2CCC(=O)NC2=O)c2c(N)cccc21. The van der Waals surface area contributed by atoms with E-state index in [-0.39, 0.29) is 11.8 Å². The molecule has 3 N–H and O–H groups in total. The van der Waals surface area contributed by atoms with Crippen molar-refractivity contribution < 1.29 is 9.59 Å². The summed E-state index contributed by atoms with van der Waals surface area (Å²) in [5.41, 5.74) is 8.14. The average molecular weight is 258 g/mol. The maximum absolute atomic E-state index is 11.9. The average Bonchev–Trinajstić information content (AvgIpc) is 2.68. The van der Waals surface area contributed by atoms with Crippen LogP contribution in [0.15, 0.2) is 18.2 Å². The van der Waals surface area contributed by atoms with Gasteiger partial charge in [0.2, 0.25) is 11.8 Å². The number of anilines is 1. The molecule has 0 bridgehead atoms. The van der Waals surface area contributed by atoms with Crippen LogP contribution in [0.5, 0.6) is 0 Å². The molecule has 1 aliphatic rings. The molecule has 1 atom stereocenters. The summed E-state index contributed by atoms with van der Waals surface area (Å²) >= 11 is 0. The Kier molecular flexibility index (Phi) is 2.51. The number of carbonyl (C=O) groups excluding carboxylic acids is 2. The Bertz CT molecular complexity index is 689. The lowest BCUT2D eigenvalue weighted by Crippen LogP contribution is -2.39. The van der Waals surface area contributed by atoms with E-state index >= 15 is 0 Å².